The molecule has 0 saturated carbocycles. The number of carboxylic acids is 1. The van der Waals surface area contributed by atoms with E-state index < -0.39 is 5.97 Å². The summed E-state index contributed by atoms with van der Waals surface area (Å²) in [5.41, 5.74) is 1.80. The van der Waals surface area contributed by atoms with E-state index in [2.05, 4.69) is 20.3 Å². The molecule has 0 aliphatic heterocycles. The van der Waals surface area contributed by atoms with Gasteiger partial charge in [0.2, 0.25) is 0 Å². The predicted molar refractivity (Wildman–Crippen MR) is 92.3 cm³/mol. The number of aromatic carboxylic acids is 1. The average Bonchev–Trinajstić information content (AvgIpc) is 3.02. The Morgan fingerprint density at radius 2 is 1.96 bits per heavy atom. The Labute approximate surface area is 144 Å². The lowest BCUT2D eigenvalue weighted by Gasteiger charge is -2.20. The van der Waals surface area contributed by atoms with Crippen molar-refractivity contribution < 1.29 is 14.7 Å². The predicted octanol–water partition coefficient (Wildman–Crippen LogP) is 2.78. The van der Waals surface area contributed by atoms with E-state index in [-0.39, 0.29) is 29.1 Å². The number of hydrogen-bond acceptors (Lipinski definition) is 4. The Morgan fingerprint density at radius 1 is 1.20 bits per heavy atom. The zero-order chi connectivity index (χ0) is 18.0. The van der Waals surface area contributed by atoms with E-state index in [1.165, 1.54) is 18.3 Å². The molecule has 3 N–H and O–H groups in total. The fraction of sp³-hybridized carbons (Fsp3) is 0.222. The molecule has 1 unspecified atom stereocenters. The van der Waals surface area contributed by atoms with Crippen LogP contribution in [0.5, 0.6) is 0 Å². The molecule has 2 aromatic heterocycles. The van der Waals surface area contributed by atoms with E-state index in [0.29, 0.717) is 5.82 Å². The number of H-pyrrole nitrogens is 1. The van der Waals surface area contributed by atoms with Gasteiger partial charge in [-0.1, -0.05) is 26.0 Å². The third-order valence-electron chi connectivity index (χ3n) is 3.90. The Hall–Kier alpha value is -3.22. The first-order valence-electron chi connectivity index (χ1n) is 7.90. The second-order valence-corrected chi connectivity index (χ2v) is 6.07. The molecule has 7 nitrogen and oxygen atoms in total. The number of rotatable bonds is 5. The Morgan fingerprint density at radius 3 is 2.64 bits per heavy atom. The summed E-state index contributed by atoms with van der Waals surface area (Å²) in [6.45, 7) is 3.96. The normalized spacial score (nSPS) is 12.3. The van der Waals surface area contributed by atoms with Crippen LogP contribution < -0.4 is 5.32 Å². The van der Waals surface area contributed by atoms with Gasteiger partial charge in [0.05, 0.1) is 17.1 Å². The molecule has 0 spiro atoms. The van der Waals surface area contributed by atoms with Gasteiger partial charge in [-0.3, -0.25) is 4.79 Å². The summed E-state index contributed by atoms with van der Waals surface area (Å²) in [5, 5.41) is 11.9. The Balaban J connectivity index is 1.88. The van der Waals surface area contributed by atoms with E-state index in [4.69, 9.17) is 5.11 Å². The highest BCUT2D eigenvalue weighted by atomic mass is 16.4. The first-order chi connectivity index (χ1) is 12.0. The van der Waals surface area contributed by atoms with Gasteiger partial charge in [-0.25, -0.2) is 14.8 Å². The number of carbonyl (C=O) groups is 2. The SMILES string of the molecule is CC(C)C(NC(=O)c1ccnc(C(=O)O)c1)c1nc2ccccc2[nH]1. The van der Waals surface area contributed by atoms with Gasteiger partial charge in [-0.15, -0.1) is 0 Å². The monoisotopic (exact) mass is 338 g/mol. The molecule has 0 fully saturated rings. The highest BCUT2D eigenvalue weighted by Crippen LogP contribution is 2.22. The molecule has 2 heterocycles. The van der Waals surface area contributed by atoms with Crippen LogP contribution in [0.1, 0.15) is 46.6 Å². The third-order valence-corrected chi connectivity index (χ3v) is 3.90. The number of aromatic amines is 1. The third kappa shape index (κ3) is 3.50. The number of nitrogens with one attached hydrogen (secondary N) is 2. The molecule has 0 aliphatic carbocycles. The number of amides is 1. The van der Waals surface area contributed by atoms with E-state index in [9.17, 15) is 9.59 Å². The van der Waals surface area contributed by atoms with Crippen molar-refractivity contribution in [3.63, 3.8) is 0 Å². The fourth-order valence-corrected chi connectivity index (χ4v) is 2.58. The maximum atomic E-state index is 12.5. The molecular formula is C18H18N4O3. The molecule has 1 aromatic carbocycles. The van der Waals surface area contributed by atoms with Gasteiger partial charge in [0.1, 0.15) is 11.5 Å². The standard InChI is InChI=1S/C18H18N4O3/c1-10(2)15(16-20-12-5-3-4-6-13(12)21-16)22-17(23)11-7-8-19-14(9-11)18(24)25/h3-10,15H,1-2H3,(H,20,21)(H,22,23)(H,24,25). The van der Waals surface area contributed by atoms with Gasteiger partial charge in [-0.2, -0.15) is 0 Å². The quantitative estimate of drug-likeness (QED) is 0.663. The van der Waals surface area contributed by atoms with Gasteiger partial charge in [0.15, 0.2) is 0 Å². The maximum Gasteiger partial charge on any atom is 0.354 e. The largest absolute Gasteiger partial charge is 0.477 e. The van der Waals surface area contributed by atoms with Crippen molar-refractivity contribution in [2.45, 2.75) is 19.9 Å². The molecule has 0 bridgehead atoms. The van der Waals surface area contributed by atoms with E-state index >= 15 is 0 Å². The summed E-state index contributed by atoms with van der Waals surface area (Å²) in [6, 6.07) is 10.0. The number of hydrogen-bond donors (Lipinski definition) is 3. The van der Waals surface area contributed by atoms with Crippen LogP contribution in [-0.4, -0.2) is 31.9 Å². The Kier molecular flexibility index (Phi) is 4.47. The van der Waals surface area contributed by atoms with Crippen molar-refractivity contribution in [2.75, 3.05) is 0 Å². The van der Waals surface area contributed by atoms with Crippen LogP contribution >= 0.6 is 0 Å². The van der Waals surface area contributed by atoms with Crippen molar-refractivity contribution in [2.24, 2.45) is 5.92 Å². The number of imidazole rings is 1. The van der Waals surface area contributed by atoms with Gasteiger partial charge in [0, 0.05) is 11.8 Å². The van der Waals surface area contributed by atoms with Crippen molar-refractivity contribution in [3.05, 3.63) is 59.7 Å². The lowest BCUT2D eigenvalue weighted by molar-refractivity contribution is 0.0690. The molecule has 0 aliphatic rings. The first kappa shape index (κ1) is 16.6. The molecular weight excluding hydrogens is 320 g/mol. The van der Waals surface area contributed by atoms with E-state index in [0.717, 1.165) is 11.0 Å². The number of nitrogens with zero attached hydrogens (tertiary/aromatic N) is 2. The van der Waals surface area contributed by atoms with Crippen LogP contribution in [0.4, 0.5) is 0 Å². The summed E-state index contributed by atoms with van der Waals surface area (Å²) in [5.74, 6) is -0.793. The van der Waals surface area contributed by atoms with Crippen molar-refractivity contribution in [1.29, 1.82) is 0 Å². The highest BCUT2D eigenvalue weighted by molar-refractivity contribution is 5.96. The molecule has 25 heavy (non-hydrogen) atoms. The maximum absolute atomic E-state index is 12.5. The van der Waals surface area contributed by atoms with Gasteiger partial charge < -0.3 is 15.4 Å². The van der Waals surface area contributed by atoms with E-state index in [1.54, 1.807) is 0 Å². The van der Waals surface area contributed by atoms with Gasteiger partial charge in [-0.05, 0) is 30.2 Å². The lowest BCUT2D eigenvalue weighted by atomic mass is 10.0. The zero-order valence-corrected chi connectivity index (χ0v) is 13.9. The second kappa shape index (κ2) is 6.72. The van der Waals surface area contributed by atoms with Crippen LogP contribution in [-0.2, 0) is 0 Å². The highest BCUT2D eigenvalue weighted by Gasteiger charge is 2.23. The molecule has 7 heteroatoms. The van der Waals surface area contributed by atoms with E-state index in [1.807, 2.05) is 38.1 Å². The smallest absolute Gasteiger partial charge is 0.354 e. The number of para-hydroxylation sites is 2. The van der Waals surface area contributed by atoms with Crippen LogP contribution in [0.25, 0.3) is 11.0 Å². The molecule has 128 valence electrons. The number of aromatic nitrogens is 3. The minimum Gasteiger partial charge on any atom is -0.477 e. The van der Waals surface area contributed by atoms with Crippen LogP contribution in [0.15, 0.2) is 42.6 Å². The minimum absolute atomic E-state index is 0.0882. The molecule has 0 saturated heterocycles. The van der Waals surface area contributed by atoms with Crippen molar-refractivity contribution in [1.82, 2.24) is 20.3 Å². The van der Waals surface area contributed by atoms with Gasteiger partial charge in [0.25, 0.3) is 5.91 Å². The summed E-state index contributed by atoms with van der Waals surface area (Å²) in [6.07, 6.45) is 1.31. The van der Waals surface area contributed by atoms with Crippen molar-refractivity contribution >= 4 is 22.9 Å². The fourth-order valence-electron chi connectivity index (χ4n) is 2.58. The Bertz CT molecular complexity index is 900. The van der Waals surface area contributed by atoms with Crippen LogP contribution in [0, 0.1) is 5.92 Å². The van der Waals surface area contributed by atoms with Gasteiger partial charge >= 0.3 is 5.97 Å². The molecule has 1 amide bonds. The minimum atomic E-state index is -1.17. The number of carbonyl (C=O) groups excluding carboxylic acids is 1. The number of fused-ring (bicyclic) bond motifs is 1. The molecule has 1 atom stereocenters. The van der Waals surface area contributed by atoms with Crippen molar-refractivity contribution in [3.8, 4) is 0 Å². The summed E-state index contributed by atoms with van der Waals surface area (Å²) < 4.78 is 0. The summed E-state index contributed by atoms with van der Waals surface area (Å²) in [4.78, 5) is 35.1. The second-order valence-electron chi connectivity index (χ2n) is 6.07. The number of benzene rings is 1. The van der Waals surface area contributed by atoms with Crippen LogP contribution in [0.2, 0.25) is 0 Å². The molecule has 0 radical (unpaired) electrons. The summed E-state index contributed by atoms with van der Waals surface area (Å²) in [7, 11) is 0. The zero-order valence-electron chi connectivity index (χ0n) is 13.9. The number of pyridine rings is 1. The molecule has 3 aromatic rings. The van der Waals surface area contributed by atoms with Crippen LogP contribution in [0.3, 0.4) is 0 Å². The average molecular weight is 338 g/mol. The topological polar surface area (TPSA) is 108 Å². The molecule has 3 rings (SSSR count). The number of carboxylic acid groups (broad SMARTS) is 1. The lowest BCUT2D eigenvalue weighted by Crippen LogP contribution is -2.32. The summed E-state index contributed by atoms with van der Waals surface area (Å²) >= 11 is 0. The first-order valence-corrected chi connectivity index (χ1v) is 7.90.